The van der Waals surface area contributed by atoms with Gasteiger partial charge in [-0.3, -0.25) is 4.57 Å². The van der Waals surface area contributed by atoms with Gasteiger partial charge in [0.15, 0.2) is 0 Å². The fourth-order valence-corrected chi connectivity index (χ4v) is 2.65. The zero-order chi connectivity index (χ0) is 13.3. The van der Waals surface area contributed by atoms with Gasteiger partial charge in [-0.1, -0.05) is 48.6 Å². The van der Waals surface area contributed by atoms with Gasteiger partial charge in [-0.15, -0.1) is 0 Å². The standard InChI is InChI=1S/C14H19O3P/c1-3-16-18(15,17-4-2)13-9-8-12-14-10-6-5-7-11-14/h5-13H,3-4H2,1-2H3/b12-8-,13-9-. The van der Waals surface area contributed by atoms with Gasteiger partial charge in [0.05, 0.1) is 13.2 Å². The molecule has 0 aliphatic carbocycles. The Labute approximate surface area is 109 Å². The number of hydrogen-bond donors (Lipinski definition) is 0. The Kier molecular flexibility index (Phi) is 6.66. The topological polar surface area (TPSA) is 35.5 Å². The minimum Gasteiger partial charge on any atom is -0.306 e. The summed E-state index contributed by atoms with van der Waals surface area (Å²) in [5, 5.41) is 0. The summed E-state index contributed by atoms with van der Waals surface area (Å²) >= 11 is 0. The lowest BCUT2D eigenvalue weighted by Crippen LogP contribution is -1.92. The quantitative estimate of drug-likeness (QED) is 0.539. The second-order valence-corrected chi connectivity index (χ2v) is 5.38. The van der Waals surface area contributed by atoms with Gasteiger partial charge in [0.2, 0.25) is 0 Å². The molecule has 0 unspecified atom stereocenters. The van der Waals surface area contributed by atoms with Gasteiger partial charge in [0, 0.05) is 5.82 Å². The Morgan fingerprint density at radius 3 is 2.22 bits per heavy atom. The number of hydrogen-bond acceptors (Lipinski definition) is 3. The fourth-order valence-electron chi connectivity index (χ4n) is 1.37. The Hall–Kier alpha value is -1.15. The maximum Gasteiger partial charge on any atom is 0.354 e. The van der Waals surface area contributed by atoms with E-state index in [1.165, 1.54) is 5.82 Å². The molecule has 3 nitrogen and oxygen atoms in total. The van der Waals surface area contributed by atoms with Crippen LogP contribution in [0.25, 0.3) is 6.08 Å². The van der Waals surface area contributed by atoms with Crippen LogP contribution in [-0.2, 0) is 13.6 Å². The fraction of sp³-hybridized carbons (Fsp3) is 0.286. The van der Waals surface area contributed by atoms with Gasteiger partial charge in [-0.2, -0.15) is 0 Å². The maximum absolute atomic E-state index is 12.1. The van der Waals surface area contributed by atoms with Crippen molar-refractivity contribution >= 4 is 13.7 Å². The van der Waals surface area contributed by atoms with Crippen molar-refractivity contribution in [1.82, 2.24) is 0 Å². The zero-order valence-electron chi connectivity index (χ0n) is 10.8. The van der Waals surface area contributed by atoms with Crippen LogP contribution in [-0.4, -0.2) is 13.2 Å². The molecule has 0 spiro atoms. The monoisotopic (exact) mass is 266 g/mol. The van der Waals surface area contributed by atoms with Crippen molar-refractivity contribution in [2.45, 2.75) is 13.8 Å². The molecular formula is C14H19O3P. The summed E-state index contributed by atoms with van der Waals surface area (Å²) < 4.78 is 22.3. The van der Waals surface area contributed by atoms with E-state index >= 15 is 0 Å². The average molecular weight is 266 g/mol. The average Bonchev–Trinajstić information content (AvgIpc) is 2.37. The highest BCUT2D eigenvalue weighted by atomic mass is 31.2. The van der Waals surface area contributed by atoms with Crippen molar-refractivity contribution < 1.29 is 13.6 Å². The smallest absolute Gasteiger partial charge is 0.306 e. The molecule has 0 saturated carbocycles. The predicted molar refractivity (Wildman–Crippen MR) is 75.5 cm³/mol. The minimum absolute atomic E-state index is 0.365. The molecule has 98 valence electrons. The predicted octanol–water partition coefficient (Wildman–Crippen LogP) is 4.48. The molecule has 0 aromatic heterocycles. The second kappa shape index (κ2) is 8.04. The normalized spacial score (nSPS) is 12.6. The van der Waals surface area contributed by atoms with E-state index in [9.17, 15) is 4.57 Å². The maximum atomic E-state index is 12.1. The highest BCUT2D eigenvalue weighted by molar-refractivity contribution is 7.57. The number of benzene rings is 1. The van der Waals surface area contributed by atoms with E-state index in [0.29, 0.717) is 13.2 Å². The molecule has 0 atom stereocenters. The van der Waals surface area contributed by atoms with Gasteiger partial charge in [-0.25, -0.2) is 0 Å². The van der Waals surface area contributed by atoms with Gasteiger partial charge in [0.25, 0.3) is 0 Å². The van der Waals surface area contributed by atoms with E-state index < -0.39 is 7.60 Å². The summed E-state index contributed by atoms with van der Waals surface area (Å²) in [6, 6.07) is 9.89. The van der Waals surface area contributed by atoms with Gasteiger partial charge < -0.3 is 9.05 Å². The first-order valence-electron chi connectivity index (χ1n) is 6.00. The first kappa shape index (κ1) is 14.9. The molecule has 0 saturated heterocycles. The van der Waals surface area contributed by atoms with E-state index in [2.05, 4.69) is 0 Å². The lowest BCUT2D eigenvalue weighted by atomic mass is 10.2. The van der Waals surface area contributed by atoms with E-state index in [-0.39, 0.29) is 0 Å². The van der Waals surface area contributed by atoms with Crippen LogP contribution >= 0.6 is 7.60 Å². The van der Waals surface area contributed by atoms with Crippen molar-refractivity contribution in [3.63, 3.8) is 0 Å². The van der Waals surface area contributed by atoms with Crippen LogP contribution in [0.4, 0.5) is 0 Å². The summed E-state index contributed by atoms with van der Waals surface area (Å²) in [7, 11) is -3.07. The van der Waals surface area contributed by atoms with Crippen LogP contribution < -0.4 is 0 Å². The number of rotatable bonds is 7. The van der Waals surface area contributed by atoms with Gasteiger partial charge >= 0.3 is 7.60 Å². The van der Waals surface area contributed by atoms with Gasteiger partial charge in [-0.05, 0) is 19.4 Å². The molecule has 0 N–H and O–H groups in total. The summed E-state index contributed by atoms with van der Waals surface area (Å²) in [4.78, 5) is 0. The first-order valence-corrected chi connectivity index (χ1v) is 7.61. The molecule has 0 amide bonds. The Balaban J connectivity index is 2.62. The second-order valence-electron chi connectivity index (χ2n) is 3.49. The molecule has 1 aromatic rings. The Bertz CT molecular complexity index is 428. The molecule has 4 heteroatoms. The van der Waals surface area contributed by atoms with Crippen molar-refractivity contribution in [3.8, 4) is 0 Å². The van der Waals surface area contributed by atoms with E-state index in [1.807, 2.05) is 42.5 Å². The number of allylic oxidation sites excluding steroid dienone is 2. The molecule has 1 rings (SSSR count). The minimum atomic E-state index is -3.07. The molecule has 18 heavy (non-hydrogen) atoms. The van der Waals surface area contributed by atoms with Gasteiger partial charge in [0.1, 0.15) is 0 Å². The van der Waals surface area contributed by atoms with Crippen molar-refractivity contribution in [3.05, 3.63) is 53.9 Å². The Morgan fingerprint density at radius 1 is 1.06 bits per heavy atom. The highest BCUT2D eigenvalue weighted by Gasteiger charge is 2.17. The van der Waals surface area contributed by atoms with Crippen LogP contribution in [0.5, 0.6) is 0 Å². The highest BCUT2D eigenvalue weighted by Crippen LogP contribution is 2.49. The largest absolute Gasteiger partial charge is 0.354 e. The first-order chi connectivity index (χ1) is 8.70. The van der Waals surface area contributed by atoms with Crippen LogP contribution in [0.15, 0.2) is 48.3 Å². The van der Waals surface area contributed by atoms with Crippen LogP contribution in [0.3, 0.4) is 0 Å². The molecule has 1 aromatic carbocycles. The van der Waals surface area contributed by atoms with Crippen molar-refractivity contribution in [2.75, 3.05) is 13.2 Å². The molecule has 0 radical (unpaired) electrons. The molecule has 0 bridgehead atoms. The summed E-state index contributed by atoms with van der Waals surface area (Å²) in [6.45, 7) is 4.31. The molecular weight excluding hydrogens is 247 g/mol. The van der Waals surface area contributed by atoms with E-state index in [4.69, 9.17) is 9.05 Å². The van der Waals surface area contributed by atoms with Crippen LogP contribution in [0.2, 0.25) is 0 Å². The van der Waals surface area contributed by atoms with E-state index in [1.54, 1.807) is 19.9 Å². The third-order valence-corrected chi connectivity index (χ3v) is 3.86. The SMILES string of the molecule is CCOP(=O)(/C=C\C=C/c1ccccc1)OCC. The van der Waals surface area contributed by atoms with E-state index in [0.717, 1.165) is 5.56 Å². The van der Waals surface area contributed by atoms with Crippen molar-refractivity contribution in [2.24, 2.45) is 0 Å². The van der Waals surface area contributed by atoms with Crippen LogP contribution in [0.1, 0.15) is 19.4 Å². The van der Waals surface area contributed by atoms with Crippen LogP contribution in [0, 0.1) is 0 Å². The third-order valence-electron chi connectivity index (χ3n) is 2.09. The Morgan fingerprint density at radius 2 is 1.67 bits per heavy atom. The summed E-state index contributed by atoms with van der Waals surface area (Å²) in [6.07, 6.45) is 5.44. The lowest BCUT2D eigenvalue weighted by molar-refractivity contribution is 0.229. The summed E-state index contributed by atoms with van der Waals surface area (Å²) in [5.74, 6) is 1.49. The third kappa shape index (κ3) is 5.46. The molecule has 0 aliphatic rings. The summed E-state index contributed by atoms with van der Waals surface area (Å²) in [5.41, 5.74) is 1.09. The molecule has 0 aliphatic heterocycles. The lowest BCUT2D eigenvalue weighted by Gasteiger charge is -2.11. The van der Waals surface area contributed by atoms with Crippen molar-refractivity contribution in [1.29, 1.82) is 0 Å². The molecule has 0 fully saturated rings. The molecule has 0 heterocycles. The zero-order valence-corrected chi connectivity index (χ0v) is 11.7.